The summed E-state index contributed by atoms with van der Waals surface area (Å²) in [6.07, 6.45) is 2.90. The first-order chi connectivity index (χ1) is 16.5. The number of imidazole rings is 1. The Morgan fingerprint density at radius 2 is 1.82 bits per heavy atom. The highest BCUT2D eigenvalue weighted by Crippen LogP contribution is 2.37. The van der Waals surface area contributed by atoms with E-state index in [9.17, 15) is 8.42 Å². The lowest BCUT2D eigenvalue weighted by Gasteiger charge is -2.25. The quantitative estimate of drug-likeness (QED) is 0.327. The molecule has 2 aromatic carbocycles. The van der Waals surface area contributed by atoms with Crippen LogP contribution in [0.4, 0.5) is 0 Å². The number of hydrogen-bond acceptors (Lipinski definition) is 7. The van der Waals surface area contributed by atoms with Gasteiger partial charge in [-0.1, -0.05) is 36.4 Å². The first kappa shape index (κ1) is 23.1. The lowest BCUT2D eigenvalue weighted by Crippen LogP contribution is -2.35. The van der Waals surface area contributed by atoms with Gasteiger partial charge in [-0.2, -0.15) is 4.31 Å². The summed E-state index contributed by atoms with van der Waals surface area (Å²) >= 11 is 1.52. The molecule has 0 spiro atoms. The van der Waals surface area contributed by atoms with Crippen molar-refractivity contribution in [2.75, 3.05) is 13.1 Å². The number of aryl methyl sites for hydroxylation is 1. The molecule has 0 amide bonds. The second-order valence-electron chi connectivity index (χ2n) is 8.33. The van der Waals surface area contributed by atoms with Gasteiger partial charge in [-0.05, 0) is 57.0 Å². The van der Waals surface area contributed by atoms with E-state index in [4.69, 9.17) is 9.40 Å². The van der Waals surface area contributed by atoms with Crippen molar-refractivity contribution in [3.63, 3.8) is 0 Å². The standard InChI is InChI=1S/C24H27N5O3S2/c1-3-29-21-13-12-19(34(30,31)28-14-8-5-9-15-28)16-20(21)25-24(29)33-17(2)22-26-27-23(32-22)18-10-6-4-7-11-18/h4,6-7,10-13,16-17H,3,5,8-9,14-15H2,1-2H3/t17-/m1/s1. The molecule has 178 valence electrons. The van der Waals surface area contributed by atoms with E-state index >= 15 is 0 Å². The van der Waals surface area contributed by atoms with Gasteiger partial charge in [0.1, 0.15) is 0 Å². The minimum absolute atomic E-state index is 0.122. The van der Waals surface area contributed by atoms with E-state index in [-0.39, 0.29) is 5.25 Å². The van der Waals surface area contributed by atoms with E-state index in [0.717, 1.165) is 35.5 Å². The normalized spacial score (nSPS) is 16.2. The molecule has 0 N–H and O–H groups in total. The van der Waals surface area contributed by atoms with Crippen molar-refractivity contribution in [1.82, 2.24) is 24.1 Å². The Morgan fingerprint density at radius 1 is 1.06 bits per heavy atom. The Morgan fingerprint density at radius 3 is 2.56 bits per heavy atom. The summed E-state index contributed by atoms with van der Waals surface area (Å²) in [7, 11) is -3.51. The highest BCUT2D eigenvalue weighted by molar-refractivity contribution is 7.99. The molecular weight excluding hydrogens is 470 g/mol. The van der Waals surface area contributed by atoms with Crippen LogP contribution in [0.15, 0.2) is 63.0 Å². The SMILES string of the molecule is CCn1c(S[C@H](C)c2nnc(-c3ccccc3)o2)nc2cc(S(=O)(=O)N3CCCCC3)ccc21. The third-order valence-electron chi connectivity index (χ3n) is 6.05. The van der Waals surface area contributed by atoms with E-state index in [1.54, 1.807) is 16.4 Å². The fraction of sp³-hybridized carbons (Fsp3) is 0.375. The second kappa shape index (κ2) is 9.52. The zero-order valence-electron chi connectivity index (χ0n) is 19.2. The second-order valence-corrected chi connectivity index (χ2v) is 11.6. The molecule has 8 nitrogen and oxygen atoms in total. The Kier molecular flexibility index (Phi) is 6.46. The van der Waals surface area contributed by atoms with Crippen LogP contribution in [0, 0.1) is 0 Å². The summed E-state index contributed by atoms with van der Waals surface area (Å²) in [6.45, 7) is 5.92. The Bertz CT molecular complexity index is 1390. The molecule has 0 radical (unpaired) electrons. The van der Waals surface area contributed by atoms with Crippen LogP contribution < -0.4 is 0 Å². The summed E-state index contributed by atoms with van der Waals surface area (Å²) in [5, 5.41) is 9.09. The monoisotopic (exact) mass is 497 g/mol. The average Bonchev–Trinajstić information content (AvgIpc) is 3.49. The number of nitrogens with zero attached hydrogens (tertiary/aromatic N) is 5. The molecule has 0 saturated carbocycles. The summed E-state index contributed by atoms with van der Waals surface area (Å²) < 4.78 is 35.9. The Labute approximate surface area is 203 Å². The molecule has 5 rings (SSSR count). The molecule has 0 bridgehead atoms. The smallest absolute Gasteiger partial charge is 0.247 e. The molecule has 1 atom stereocenters. The molecule has 1 saturated heterocycles. The molecule has 34 heavy (non-hydrogen) atoms. The Balaban J connectivity index is 1.42. The molecule has 10 heteroatoms. The predicted octanol–water partition coefficient (Wildman–Crippen LogP) is 5.13. The van der Waals surface area contributed by atoms with E-state index < -0.39 is 10.0 Å². The fourth-order valence-electron chi connectivity index (χ4n) is 4.20. The van der Waals surface area contributed by atoms with Crippen LogP contribution >= 0.6 is 11.8 Å². The van der Waals surface area contributed by atoms with E-state index in [1.807, 2.05) is 43.3 Å². The minimum atomic E-state index is -3.51. The van der Waals surface area contributed by atoms with E-state index in [0.29, 0.717) is 41.8 Å². The molecule has 1 aliphatic rings. The van der Waals surface area contributed by atoms with Crippen molar-refractivity contribution in [3.8, 4) is 11.5 Å². The first-order valence-corrected chi connectivity index (χ1v) is 13.8. The van der Waals surface area contributed by atoms with Gasteiger partial charge in [0.05, 0.1) is 21.2 Å². The maximum atomic E-state index is 13.1. The van der Waals surface area contributed by atoms with Gasteiger partial charge < -0.3 is 8.98 Å². The summed E-state index contributed by atoms with van der Waals surface area (Å²) in [4.78, 5) is 5.09. The number of piperidine rings is 1. The maximum absolute atomic E-state index is 13.1. The minimum Gasteiger partial charge on any atom is -0.419 e. The van der Waals surface area contributed by atoms with Crippen molar-refractivity contribution in [2.45, 2.75) is 55.0 Å². The predicted molar refractivity (Wildman–Crippen MR) is 132 cm³/mol. The van der Waals surface area contributed by atoms with E-state index in [2.05, 4.69) is 21.7 Å². The third kappa shape index (κ3) is 4.37. The maximum Gasteiger partial charge on any atom is 0.247 e. The first-order valence-electron chi connectivity index (χ1n) is 11.5. The molecule has 3 heterocycles. The van der Waals surface area contributed by atoms with Crippen LogP contribution in [0.25, 0.3) is 22.5 Å². The number of benzene rings is 2. The number of sulfonamides is 1. The zero-order valence-corrected chi connectivity index (χ0v) is 20.8. The molecule has 4 aromatic rings. The van der Waals surface area contributed by atoms with E-state index in [1.165, 1.54) is 11.8 Å². The zero-order chi connectivity index (χ0) is 23.7. The Hall–Kier alpha value is -2.69. The van der Waals surface area contributed by atoms with Crippen LogP contribution in [-0.4, -0.2) is 45.6 Å². The summed E-state index contributed by atoms with van der Waals surface area (Å²) in [5.74, 6) is 1.01. The fourth-order valence-corrected chi connectivity index (χ4v) is 6.76. The van der Waals surface area contributed by atoms with Gasteiger partial charge in [0, 0.05) is 25.2 Å². The van der Waals surface area contributed by atoms with Gasteiger partial charge in [0.2, 0.25) is 21.8 Å². The van der Waals surface area contributed by atoms with Crippen molar-refractivity contribution in [2.24, 2.45) is 0 Å². The van der Waals surface area contributed by atoms with Crippen molar-refractivity contribution in [1.29, 1.82) is 0 Å². The molecule has 0 unspecified atom stereocenters. The molecule has 0 aliphatic carbocycles. The highest BCUT2D eigenvalue weighted by atomic mass is 32.2. The van der Waals surface area contributed by atoms with Crippen molar-refractivity contribution < 1.29 is 12.8 Å². The van der Waals surface area contributed by atoms with Crippen LogP contribution in [0.1, 0.15) is 44.3 Å². The number of thioether (sulfide) groups is 1. The summed E-state index contributed by atoms with van der Waals surface area (Å²) in [5.41, 5.74) is 2.46. The average molecular weight is 498 g/mol. The molecular formula is C24H27N5O3S2. The van der Waals surface area contributed by atoms with Gasteiger partial charge in [-0.3, -0.25) is 0 Å². The number of fused-ring (bicyclic) bond motifs is 1. The van der Waals surface area contributed by atoms with Crippen LogP contribution in [0.5, 0.6) is 0 Å². The van der Waals surface area contributed by atoms with Crippen LogP contribution in [-0.2, 0) is 16.6 Å². The molecule has 1 fully saturated rings. The number of rotatable bonds is 7. The number of aromatic nitrogens is 4. The van der Waals surface area contributed by atoms with Crippen LogP contribution in [0.2, 0.25) is 0 Å². The summed E-state index contributed by atoms with van der Waals surface area (Å²) in [6, 6.07) is 14.9. The lowest BCUT2D eigenvalue weighted by atomic mass is 10.2. The molecule has 1 aliphatic heterocycles. The van der Waals surface area contributed by atoms with Gasteiger partial charge in [-0.25, -0.2) is 13.4 Å². The van der Waals surface area contributed by atoms with Gasteiger partial charge in [-0.15, -0.1) is 10.2 Å². The highest BCUT2D eigenvalue weighted by Gasteiger charge is 2.27. The topological polar surface area (TPSA) is 94.1 Å². The van der Waals surface area contributed by atoms with Crippen molar-refractivity contribution >= 4 is 32.8 Å². The van der Waals surface area contributed by atoms with Gasteiger partial charge in [0.25, 0.3) is 0 Å². The van der Waals surface area contributed by atoms with Crippen molar-refractivity contribution in [3.05, 3.63) is 54.4 Å². The third-order valence-corrected chi connectivity index (χ3v) is 9.02. The lowest BCUT2D eigenvalue weighted by molar-refractivity contribution is 0.346. The molecule has 2 aromatic heterocycles. The van der Waals surface area contributed by atoms with Gasteiger partial charge >= 0.3 is 0 Å². The number of hydrogen-bond donors (Lipinski definition) is 0. The van der Waals surface area contributed by atoms with Gasteiger partial charge in [0.15, 0.2) is 5.16 Å². The largest absolute Gasteiger partial charge is 0.419 e. The van der Waals surface area contributed by atoms with Crippen LogP contribution in [0.3, 0.4) is 0 Å².